The lowest BCUT2D eigenvalue weighted by atomic mass is 10.0. The lowest BCUT2D eigenvalue weighted by molar-refractivity contribution is -0.254. The first-order valence-electron chi connectivity index (χ1n) is 7.96. The number of nitrogens with zero attached hydrogens (tertiary/aromatic N) is 1. The molecule has 0 aromatic heterocycles. The maximum Gasteiger partial charge on any atom is 0.221 e. The second-order valence-electron chi connectivity index (χ2n) is 6.38. The maximum atomic E-state index is 9.59. The normalized spacial score (nSPS) is 14.4. The van der Waals surface area contributed by atoms with E-state index in [2.05, 4.69) is 20.8 Å². The first-order chi connectivity index (χ1) is 8.79. The molecule has 0 rings (SSSR count). The van der Waals surface area contributed by atoms with Crippen LogP contribution < -0.4 is 0 Å². The van der Waals surface area contributed by atoms with E-state index in [0.717, 1.165) is 18.8 Å². The molecule has 2 N–H and O–H groups in total. The average molecular weight is 273 g/mol. The molecule has 0 aliphatic heterocycles. The zero-order valence-corrected chi connectivity index (χ0v) is 13.7. The van der Waals surface area contributed by atoms with E-state index >= 15 is 0 Å². The van der Waals surface area contributed by atoms with Gasteiger partial charge < -0.3 is 10.2 Å². The highest BCUT2D eigenvalue weighted by atomic mass is 16.5. The molecule has 0 saturated carbocycles. The third kappa shape index (κ3) is 9.42. The first-order valence-corrected chi connectivity index (χ1v) is 7.96. The fourth-order valence-electron chi connectivity index (χ4n) is 2.48. The Bertz CT molecular complexity index is 211. The lowest BCUT2D eigenvalue weighted by Gasteiger charge is -2.35. The molecule has 0 amide bonds. The largest absolute Gasteiger partial charge is 0.353 e. The Hall–Kier alpha value is -0.120. The summed E-state index contributed by atoms with van der Waals surface area (Å²) >= 11 is 0. The van der Waals surface area contributed by atoms with Crippen LogP contribution in [0.1, 0.15) is 79.1 Å². The first kappa shape index (κ1) is 18.9. The van der Waals surface area contributed by atoms with E-state index in [1.165, 1.54) is 45.4 Å². The highest BCUT2D eigenvalue weighted by Gasteiger charge is 2.27. The summed E-state index contributed by atoms with van der Waals surface area (Å²) in [6, 6.07) is 0.260. The van der Waals surface area contributed by atoms with Gasteiger partial charge in [-0.2, -0.15) is 0 Å². The summed E-state index contributed by atoms with van der Waals surface area (Å²) in [5, 5.41) is 19.2. The van der Waals surface area contributed by atoms with Gasteiger partial charge in [-0.3, -0.25) is 4.90 Å². The van der Waals surface area contributed by atoms with E-state index in [0.29, 0.717) is 0 Å². The van der Waals surface area contributed by atoms with Gasteiger partial charge in [0.2, 0.25) is 5.91 Å². The second kappa shape index (κ2) is 9.73. The molecule has 1 unspecified atom stereocenters. The third-order valence-electron chi connectivity index (χ3n) is 4.01. The number of hydrogen-bond acceptors (Lipinski definition) is 3. The van der Waals surface area contributed by atoms with Crippen molar-refractivity contribution in [3.8, 4) is 0 Å². The van der Waals surface area contributed by atoms with Gasteiger partial charge in [-0.1, -0.05) is 59.3 Å². The molecule has 1 atom stereocenters. The predicted octanol–water partition coefficient (Wildman–Crippen LogP) is 3.74. The molecule has 0 saturated heterocycles. The summed E-state index contributed by atoms with van der Waals surface area (Å²) in [6.07, 6.45) is 9.78. The van der Waals surface area contributed by atoms with Crippen LogP contribution in [0.2, 0.25) is 0 Å². The summed E-state index contributed by atoms with van der Waals surface area (Å²) in [5.74, 6) is -0.872. The van der Waals surface area contributed by atoms with E-state index < -0.39 is 5.91 Å². The molecular formula is C16H35NO2. The molecule has 3 heteroatoms. The molecular weight excluding hydrogens is 238 g/mol. The van der Waals surface area contributed by atoms with Gasteiger partial charge in [0, 0.05) is 13.0 Å². The Labute approximate surface area is 120 Å². The third-order valence-corrected chi connectivity index (χ3v) is 4.01. The van der Waals surface area contributed by atoms with Crippen molar-refractivity contribution < 1.29 is 10.2 Å². The summed E-state index contributed by atoms with van der Waals surface area (Å²) in [6.45, 7) is 8.10. The monoisotopic (exact) mass is 273 g/mol. The molecule has 116 valence electrons. The van der Waals surface area contributed by atoms with Gasteiger partial charge in [-0.05, 0) is 25.8 Å². The highest BCUT2D eigenvalue weighted by Crippen LogP contribution is 2.18. The topological polar surface area (TPSA) is 43.7 Å². The Morgan fingerprint density at radius 2 is 1.42 bits per heavy atom. The fourth-order valence-corrected chi connectivity index (χ4v) is 2.48. The highest BCUT2D eigenvalue weighted by molar-refractivity contribution is 4.71. The van der Waals surface area contributed by atoms with Gasteiger partial charge in [-0.15, -0.1) is 0 Å². The molecule has 0 aliphatic carbocycles. The molecule has 0 heterocycles. The predicted molar refractivity (Wildman–Crippen MR) is 81.8 cm³/mol. The van der Waals surface area contributed by atoms with Crippen LogP contribution in [0, 0.1) is 5.92 Å². The van der Waals surface area contributed by atoms with E-state index in [9.17, 15) is 10.2 Å². The smallest absolute Gasteiger partial charge is 0.221 e. The van der Waals surface area contributed by atoms with Crippen molar-refractivity contribution in [1.29, 1.82) is 0 Å². The van der Waals surface area contributed by atoms with Crippen LogP contribution in [-0.4, -0.2) is 34.1 Å². The van der Waals surface area contributed by atoms with E-state index in [1.807, 2.05) is 0 Å². The Kier molecular flexibility index (Phi) is 9.67. The molecule has 0 aromatic rings. The minimum atomic E-state index is -1.70. The summed E-state index contributed by atoms with van der Waals surface area (Å²) in [7, 11) is 1.79. The van der Waals surface area contributed by atoms with Gasteiger partial charge in [-0.25, -0.2) is 0 Å². The minimum Gasteiger partial charge on any atom is -0.353 e. The lowest BCUT2D eigenvalue weighted by Crippen LogP contribution is -2.49. The van der Waals surface area contributed by atoms with Crippen molar-refractivity contribution in [3.05, 3.63) is 0 Å². The summed E-state index contributed by atoms with van der Waals surface area (Å²) in [4.78, 5) is 1.67. The van der Waals surface area contributed by atoms with Crippen molar-refractivity contribution in [3.63, 3.8) is 0 Å². The number of unbranched alkanes of at least 4 members (excludes halogenated alkanes) is 4. The maximum absolute atomic E-state index is 9.59. The van der Waals surface area contributed by atoms with Crippen molar-refractivity contribution in [1.82, 2.24) is 4.90 Å². The molecule has 19 heavy (non-hydrogen) atoms. The van der Waals surface area contributed by atoms with Crippen molar-refractivity contribution in [2.45, 2.75) is 91.0 Å². The number of rotatable bonds is 11. The number of hydrogen-bond donors (Lipinski definition) is 2. The Balaban J connectivity index is 3.68. The molecule has 3 nitrogen and oxygen atoms in total. The van der Waals surface area contributed by atoms with Crippen LogP contribution in [0.4, 0.5) is 0 Å². The van der Waals surface area contributed by atoms with Gasteiger partial charge in [0.1, 0.15) is 0 Å². The van der Waals surface area contributed by atoms with Gasteiger partial charge in [0.25, 0.3) is 0 Å². The van der Waals surface area contributed by atoms with E-state index in [-0.39, 0.29) is 6.04 Å². The standard InChI is InChI=1S/C16H35NO2/c1-6-15(17(5)16(4,18)19)13-11-9-7-8-10-12-14(2)3/h14-15,18-19H,6-13H2,1-5H3. The van der Waals surface area contributed by atoms with Crippen molar-refractivity contribution in [2.75, 3.05) is 7.05 Å². The summed E-state index contributed by atoms with van der Waals surface area (Å²) in [5.41, 5.74) is 0. The van der Waals surface area contributed by atoms with E-state index in [1.54, 1.807) is 11.9 Å². The zero-order valence-electron chi connectivity index (χ0n) is 13.7. The molecule has 0 aliphatic rings. The van der Waals surface area contributed by atoms with Crippen LogP contribution in [0.3, 0.4) is 0 Å². The second-order valence-corrected chi connectivity index (χ2v) is 6.38. The molecule has 0 fully saturated rings. The van der Waals surface area contributed by atoms with Crippen LogP contribution in [0.25, 0.3) is 0 Å². The van der Waals surface area contributed by atoms with Gasteiger partial charge in [0.05, 0.1) is 0 Å². The zero-order chi connectivity index (χ0) is 14.9. The SMILES string of the molecule is CCC(CCCCCCCC(C)C)N(C)C(C)(O)O. The Morgan fingerprint density at radius 3 is 1.84 bits per heavy atom. The minimum absolute atomic E-state index is 0.260. The van der Waals surface area contributed by atoms with Crippen LogP contribution in [0.5, 0.6) is 0 Å². The van der Waals surface area contributed by atoms with Crippen LogP contribution in [0.15, 0.2) is 0 Å². The van der Waals surface area contributed by atoms with Crippen LogP contribution in [-0.2, 0) is 0 Å². The number of aliphatic hydroxyl groups is 2. The quantitative estimate of drug-likeness (QED) is 0.445. The molecule has 0 aromatic carbocycles. The van der Waals surface area contributed by atoms with Crippen LogP contribution >= 0.6 is 0 Å². The van der Waals surface area contributed by atoms with E-state index in [4.69, 9.17) is 0 Å². The molecule has 0 radical (unpaired) electrons. The van der Waals surface area contributed by atoms with Crippen molar-refractivity contribution >= 4 is 0 Å². The average Bonchev–Trinajstić information content (AvgIpc) is 2.30. The summed E-state index contributed by atoms with van der Waals surface area (Å²) < 4.78 is 0. The van der Waals surface area contributed by atoms with Crippen molar-refractivity contribution in [2.24, 2.45) is 5.92 Å². The van der Waals surface area contributed by atoms with Gasteiger partial charge in [0.15, 0.2) is 0 Å². The van der Waals surface area contributed by atoms with Gasteiger partial charge >= 0.3 is 0 Å². The molecule has 0 bridgehead atoms. The fraction of sp³-hybridized carbons (Fsp3) is 1.00. The Morgan fingerprint density at radius 1 is 0.947 bits per heavy atom. The molecule has 0 spiro atoms.